The molecule has 0 aromatic carbocycles. The first-order chi connectivity index (χ1) is 9.82. The first kappa shape index (κ1) is 18.1. The molecule has 7 heteroatoms. The second-order valence-electron chi connectivity index (χ2n) is 5.70. The molecule has 0 aliphatic heterocycles. The van der Waals surface area contributed by atoms with Crippen LogP contribution in [0.1, 0.15) is 13.8 Å². The fourth-order valence-electron chi connectivity index (χ4n) is 1.67. The van der Waals surface area contributed by atoms with Gasteiger partial charge in [-0.25, -0.2) is 4.68 Å². The van der Waals surface area contributed by atoms with Gasteiger partial charge >= 0.3 is 0 Å². The van der Waals surface area contributed by atoms with Gasteiger partial charge in [0.25, 0.3) is 5.56 Å². The van der Waals surface area contributed by atoms with Crippen LogP contribution in [-0.4, -0.2) is 66.4 Å². The molecule has 120 valence electrons. The van der Waals surface area contributed by atoms with Gasteiger partial charge in [-0.05, 0) is 50.9 Å². The second kappa shape index (κ2) is 8.51. The van der Waals surface area contributed by atoms with E-state index < -0.39 is 0 Å². The van der Waals surface area contributed by atoms with E-state index >= 15 is 0 Å². The molecular weight excluding hydrogens is 334 g/mol. The Morgan fingerprint density at radius 2 is 2.00 bits per heavy atom. The zero-order valence-electron chi connectivity index (χ0n) is 13.6. The second-order valence-corrected chi connectivity index (χ2v) is 6.50. The van der Waals surface area contributed by atoms with Crippen LogP contribution >= 0.6 is 15.9 Å². The number of hydrogen-bond donors (Lipinski definition) is 1. The fourth-order valence-corrected chi connectivity index (χ4v) is 2.11. The fraction of sp³-hybridized carbons (Fsp3) is 0.714. The molecule has 1 heterocycles. The summed E-state index contributed by atoms with van der Waals surface area (Å²) in [6.45, 7) is 7.36. The van der Waals surface area contributed by atoms with Crippen molar-refractivity contribution in [2.45, 2.75) is 26.4 Å². The van der Waals surface area contributed by atoms with Crippen LogP contribution in [0.2, 0.25) is 0 Å². The third-order valence-electron chi connectivity index (χ3n) is 3.41. The van der Waals surface area contributed by atoms with Crippen molar-refractivity contribution in [1.29, 1.82) is 0 Å². The van der Waals surface area contributed by atoms with Crippen LogP contribution in [0.25, 0.3) is 0 Å². The lowest BCUT2D eigenvalue weighted by Crippen LogP contribution is -2.32. The third kappa shape index (κ3) is 5.76. The molecule has 1 rings (SSSR count). The van der Waals surface area contributed by atoms with E-state index in [9.17, 15) is 4.79 Å². The van der Waals surface area contributed by atoms with Crippen molar-refractivity contribution in [3.8, 4) is 0 Å². The topological polar surface area (TPSA) is 53.4 Å². The van der Waals surface area contributed by atoms with Crippen molar-refractivity contribution in [2.75, 3.05) is 46.1 Å². The molecule has 0 fully saturated rings. The predicted molar refractivity (Wildman–Crippen MR) is 91.0 cm³/mol. The number of halogens is 1. The zero-order valence-corrected chi connectivity index (χ0v) is 15.1. The van der Waals surface area contributed by atoms with Gasteiger partial charge in [0.2, 0.25) is 0 Å². The lowest BCUT2D eigenvalue weighted by Gasteiger charge is -2.21. The highest BCUT2D eigenvalue weighted by molar-refractivity contribution is 9.10. The maximum absolute atomic E-state index is 12.2. The molecule has 0 saturated heterocycles. The number of anilines is 1. The van der Waals surface area contributed by atoms with Gasteiger partial charge in [-0.2, -0.15) is 5.10 Å². The van der Waals surface area contributed by atoms with E-state index in [1.165, 1.54) is 4.68 Å². The van der Waals surface area contributed by atoms with E-state index in [2.05, 4.69) is 52.1 Å². The van der Waals surface area contributed by atoms with Crippen LogP contribution in [-0.2, 0) is 6.54 Å². The smallest absolute Gasteiger partial charge is 0.283 e. The number of likely N-dealkylation sites (N-methyl/N-ethyl adjacent to an activating group) is 2. The summed E-state index contributed by atoms with van der Waals surface area (Å²) >= 11 is 3.37. The minimum absolute atomic E-state index is 0.0981. The molecule has 0 radical (unpaired) electrons. The Hall–Kier alpha value is -0.920. The van der Waals surface area contributed by atoms with Crippen LogP contribution < -0.4 is 10.9 Å². The molecule has 0 aliphatic rings. The first-order valence-corrected chi connectivity index (χ1v) is 7.96. The lowest BCUT2D eigenvalue weighted by molar-refractivity contribution is 0.284. The van der Waals surface area contributed by atoms with Crippen LogP contribution in [0, 0.1) is 0 Å². The van der Waals surface area contributed by atoms with E-state index in [1.807, 2.05) is 19.0 Å². The predicted octanol–water partition coefficient (Wildman–Crippen LogP) is 1.32. The Bertz CT molecular complexity index is 501. The Balaban J connectivity index is 2.65. The van der Waals surface area contributed by atoms with Gasteiger partial charge in [-0.15, -0.1) is 0 Å². The van der Waals surface area contributed by atoms with Crippen molar-refractivity contribution in [2.24, 2.45) is 0 Å². The third-order valence-corrected chi connectivity index (χ3v) is 4.17. The summed E-state index contributed by atoms with van der Waals surface area (Å²) in [5, 5.41) is 7.47. The van der Waals surface area contributed by atoms with Crippen LogP contribution in [0.3, 0.4) is 0 Å². The van der Waals surface area contributed by atoms with Gasteiger partial charge < -0.3 is 15.1 Å². The number of aromatic nitrogens is 2. The van der Waals surface area contributed by atoms with Crippen molar-refractivity contribution in [1.82, 2.24) is 19.6 Å². The van der Waals surface area contributed by atoms with Gasteiger partial charge in [-0.1, -0.05) is 0 Å². The van der Waals surface area contributed by atoms with Crippen LogP contribution in [0.4, 0.5) is 5.69 Å². The first-order valence-electron chi connectivity index (χ1n) is 7.17. The Morgan fingerprint density at radius 1 is 1.33 bits per heavy atom. The van der Waals surface area contributed by atoms with Gasteiger partial charge in [-0.3, -0.25) is 4.79 Å². The quantitative estimate of drug-likeness (QED) is 0.758. The minimum atomic E-state index is -0.0981. The molecule has 0 atom stereocenters. The van der Waals surface area contributed by atoms with E-state index in [4.69, 9.17) is 0 Å². The van der Waals surface area contributed by atoms with Gasteiger partial charge in [0.15, 0.2) is 0 Å². The summed E-state index contributed by atoms with van der Waals surface area (Å²) in [5.74, 6) is 0. The van der Waals surface area contributed by atoms with Gasteiger partial charge in [0.05, 0.1) is 18.4 Å². The summed E-state index contributed by atoms with van der Waals surface area (Å²) < 4.78 is 2.03. The molecule has 0 aliphatic carbocycles. The maximum Gasteiger partial charge on any atom is 0.283 e. The molecule has 1 aromatic heterocycles. The summed E-state index contributed by atoms with van der Waals surface area (Å²) in [6, 6.07) is 0.507. The molecule has 0 bridgehead atoms. The summed E-state index contributed by atoms with van der Waals surface area (Å²) in [7, 11) is 6.03. The van der Waals surface area contributed by atoms with Crippen molar-refractivity contribution < 1.29 is 0 Å². The lowest BCUT2D eigenvalue weighted by atomic mass is 10.3. The zero-order chi connectivity index (χ0) is 16.0. The molecule has 0 spiro atoms. The van der Waals surface area contributed by atoms with E-state index in [0.29, 0.717) is 17.1 Å². The molecule has 21 heavy (non-hydrogen) atoms. The largest absolute Gasteiger partial charge is 0.381 e. The standard InChI is InChI=1S/C14H26BrN5O/c1-11(2)19(5)7-6-16-12-10-17-20(9-8-18(3)4)14(21)13(12)15/h10-11,16H,6-9H2,1-5H3. The van der Waals surface area contributed by atoms with Crippen molar-refractivity contribution in [3.05, 3.63) is 21.0 Å². The highest BCUT2D eigenvalue weighted by atomic mass is 79.9. The summed E-state index contributed by atoms with van der Waals surface area (Å²) in [5.41, 5.74) is 0.650. The SMILES string of the molecule is CC(C)N(C)CCNc1cnn(CCN(C)C)c(=O)c1Br. The highest BCUT2D eigenvalue weighted by Gasteiger charge is 2.09. The molecule has 1 N–H and O–H groups in total. The Kier molecular flexibility index (Phi) is 7.34. The number of hydrogen-bond acceptors (Lipinski definition) is 5. The van der Waals surface area contributed by atoms with Gasteiger partial charge in [0, 0.05) is 25.7 Å². The number of nitrogens with one attached hydrogen (secondary N) is 1. The van der Waals surface area contributed by atoms with E-state index in [1.54, 1.807) is 6.20 Å². The normalized spacial score (nSPS) is 11.7. The number of rotatable bonds is 8. The average molecular weight is 360 g/mol. The summed E-state index contributed by atoms with van der Waals surface area (Å²) in [4.78, 5) is 16.5. The maximum atomic E-state index is 12.2. The van der Waals surface area contributed by atoms with Crippen molar-refractivity contribution in [3.63, 3.8) is 0 Å². The van der Waals surface area contributed by atoms with Crippen LogP contribution in [0.15, 0.2) is 15.5 Å². The minimum Gasteiger partial charge on any atom is -0.381 e. The Labute approximate surface area is 135 Å². The van der Waals surface area contributed by atoms with Gasteiger partial charge in [0.1, 0.15) is 4.47 Å². The molecule has 0 amide bonds. The van der Waals surface area contributed by atoms with E-state index in [-0.39, 0.29) is 5.56 Å². The average Bonchev–Trinajstić information content (AvgIpc) is 2.42. The Morgan fingerprint density at radius 3 is 2.57 bits per heavy atom. The van der Waals surface area contributed by atoms with Crippen molar-refractivity contribution >= 4 is 21.6 Å². The summed E-state index contributed by atoms with van der Waals surface area (Å²) in [6.07, 6.45) is 1.70. The van der Waals surface area contributed by atoms with Crippen LogP contribution in [0.5, 0.6) is 0 Å². The molecule has 0 unspecified atom stereocenters. The highest BCUT2D eigenvalue weighted by Crippen LogP contribution is 2.15. The molecule has 1 aromatic rings. The molecule has 6 nitrogen and oxygen atoms in total. The van der Waals surface area contributed by atoms with E-state index in [0.717, 1.165) is 25.3 Å². The molecule has 0 saturated carbocycles. The molecular formula is C14H26BrN5O. The number of nitrogens with zero attached hydrogens (tertiary/aromatic N) is 4. The monoisotopic (exact) mass is 359 g/mol.